The fraction of sp³-hybridized carbons (Fsp3) is 0.714. The SMILES string of the molecule is C=C[C@H]1O[C@@H](OC)[C@H](O)[C@@H]1O. The van der Waals surface area contributed by atoms with Gasteiger partial charge in [0.1, 0.15) is 18.3 Å². The minimum absolute atomic E-state index is 0.532. The molecule has 0 aromatic rings. The predicted octanol–water partition coefficient (Wildman–Crippen LogP) is -0.735. The van der Waals surface area contributed by atoms with Crippen molar-refractivity contribution in [3.63, 3.8) is 0 Å². The molecule has 11 heavy (non-hydrogen) atoms. The molecular formula is C7H12O4. The number of hydrogen-bond donors (Lipinski definition) is 2. The number of methoxy groups -OCH3 is 1. The van der Waals surface area contributed by atoms with E-state index < -0.39 is 24.6 Å². The van der Waals surface area contributed by atoms with Crippen LogP contribution >= 0.6 is 0 Å². The van der Waals surface area contributed by atoms with Crippen molar-refractivity contribution in [2.75, 3.05) is 7.11 Å². The molecule has 1 saturated heterocycles. The summed E-state index contributed by atoms with van der Waals surface area (Å²) in [4.78, 5) is 0. The van der Waals surface area contributed by atoms with Gasteiger partial charge in [-0.2, -0.15) is 0 Å². The first-order valence-electron chi connectivity index (χ1n) is 3.37. The van der Waals surface area contributed by atoms with E-state index in [0.717, 1.165) is 0 Å². The normalized spacial score (nSPS) is 44.3. The third-order valence-electron chi connectivity index (χ3n) is 1.72. The van der Waals surface area contributed by atoms with E-state index in [1.54, 1.807) is 0 Å². The van der Waals surface area contributed by atoms with Crippen molar-refractivity contribution in [1.82, 2.24) is 0 Å². The Bertz CT molecular complexity index is 147. The second-order valence-electron chi connectivity index (χ2n) is 2.42. The van der Waals surface area contributed by atoms with Gasteiger partial charge >= 0.3 is 0 Å². The second-order valence-corrected chi connectivity index (χ2v) is 2.42. The molecule has 1 aliphatic rings. The highest BCUT2D eigenvalue weighted by molar-refractivity contribution is 4.96. The number of rotatable bonds is 2. The van der Waals surface area contributed by atoms with E-state index in [1.165, 1.54) is 13.2 Å². The Balaban J connectivity index is 2.60. The van der Waals surface area contributed by atoms with Crippen LogP contribution in [0, 0.1) is 0 Å². The molecule has 0 bridgehead atoms. The third-order valence-corrected chi connectivity index (χ3v) is 1.72. The molecule has 0 amide bonds. The number of aliphatic hydroxyl groups is 2. The van der Waals surface area contributed by atoms with Crippen LogP contribution in [0.25, 0.3) is 0 Å². The quantitative estimate of drug-likeness (QED) is 0.523. The average molecular weight is 160 g/mol. The van der Waals surface area contributed by atoms with Gasteiger partial charge < -0.3 is 19.7 Å². The molecule has 2 N–H and O–H groups in total. The first-order chi connectivity index (χ1) is 5.20. The molecule has 1 rings (SSSR count). The second kappa shape index (κ2) is 3.32. The Kier molecular flexibility index (Phi) is 2.62. The molecule has 4 atom stereocenters. The predicted molar refractivity (Wildman–Crippen MR) is 37.9 cm³/mol. The van der Waals surface area contributed by atoms with E-state index in [9.17, 15) is 10.2 Å². The van der Waals surface area contributed by atoms with Crippen LogP contribution in [-0.2, 0) is 9.47 Å². The highest BCUT2D eigenvalue weighted by Gasteiger charge is 2.41. The van der Waals surface area contributed by atoms with Gasteiger partial charge in [0, 0.05) is 7.11 Å². The fourth-order valence-electron chi connectivity index (χ4n) is 1.06. The zero-order valence-corrected chi connectivity index (χ0v) is 6.30. The summed E-state index contributed by atoms with van der Waals surface area (Å²) in [7, 11) is 1.41. The van der Waals surface area contributed by atoms with Gasteiger partial charge in [0.15, 0.2) is 6.29 Å². The van der Waals surface area contributed by atoms with Crippen LogP contribution in [-0.4, -0.2) is 41.9 Å². The molecule has 1 heterocycles. The van der Waals surface area contributed by atoms with Gasteiger partial charge in [0.2, 0.25) is 0 Å². The third kappa shape index (κ3) is 1.44. The summed E-state index contributed by atoms with van der Waals surface area (Å²) in [6, 6.07) is 0. The van der Waals surface area contributed by atoms with Crippen LogP contribution < -0.4 is 0 Å². The molecule has 0 aromatic heterocycles. The van der Waals surface area contributed by atoms with Crippen LogP contribution in [0.3, 0.4) is 0 Å². The van der Waals surface area contributed by atoms with Crippen LogP contribution in [0.2, 0.25) is 0 Å². The van der Waals surface area contributed by atoms with Crippen molar-refractivity contribution in [2.45, 2.75) is 24.6 Å². The summed E-state index contributed by atoms with van der Waals surface area (Å²) >= 11 is 0. The standard InChI is InChI=1S/C7H12O4/c1-3-4-5(8)6(9)7(10-2)11-4/h3-9H,1H2,2H3/t4-,5-,6-,7-/m1/s1. The van der Waals surface area contributed by atoms with E-state index in [2.05, 4.69) is 6.58 Å². The molecule has 0 radical (unpaired) electrons. The Labute approximate surface area is 65.0 Å². The van der Waals surface area contributed by atoms with Crippen LogP contribution in [0.15, 0.2) is 12.7 Å². The summed E-state index contributed by atoms with van der Waals surface area (Å²) in [6.07, 6.45) is -1.75. The Morgan fingerprint density at radius 3 is 2.36 bits per heavy atom. The summed E-state index contributed by atoms with van der Waals surface area (Å²) in [6.45, 7) is 3.44. The van der Waals surface area contributed by atoms with Crippen molar-refractivity contribution in [1.29, 1.82) is 0 Å². The maximum absolute atomic E-state index is 9.23. The van der Waals surface area contributed by atoms with Gasteiger partial charge in [-0.1, -0.05) is 6.08 Å². The largest absolute Gasteiger partial charge is 0.387 e. The zero-order valence-electron chi connectivity index (χ0n) is 6.30. The lowest BCUT2D eigenvalue weighted by Crippen LogP contribution is -2.32. The minimum atomic E-state index is -0.983. The lowest BCUT2D eigenvalue weighted by molar-refractivity contribution is -0.142. The molecule has 0 unspecified atom stereocenters. The molecular weight excluding hydrogens is 148 g/mol. The fourth-order valence-corrected chi connectivity index (χ4v) is 1.06. The smallest absolute Gasteiger partial charge is 0.186 e. The van der Waals surface area contributed by atoms with E-state index in [-0.39, 0.29) is 0 Å². The highest BCUT2D eigenvalue weighted by Crippen LogP contribution is 2.21. The topological polar surface area (TPSA) is 58.9 Å². The van der Waals surface area contributed by atoms with Gasteiger partial charge in [-0.25, -0.2) is 0 Å². The van der Waals surface area contributed by atoms with Crippen molar-refractivity contribution in [2.24, 2.45) is 0 Å². The minimum Gasteiger partial charge on any atom is -0.387 e. The van der Waals surface area contributed by atoms with E-state index in [4.69, 9.17) is 9.47 Å². The highest BCUT2D eigenvalue weighted by atomic mass is 16.7. The Hall–Kier alpha value is -0.420. The van der Waals surface area contributed by atoms with E-state index in [0.29, 0.717) is 0 Å². The monoisotopic (exact) mass is 160 g/mol. The van der Waals surface area contributed by atoms with Gasteiger partial charge in [0.05, 0.1) is 0 Å². The Morgan fingerprint density at radius 2 is 2.09 bits per heavy atom. The van der Waals surface area contributed by atoms with Crippen molar-refractivity contribution < 1.29 is 19.7 Å². The Morgan fingerprint density at radius 1 is 1.45 bits per heavy atom. The lowest BCUT2D eigenvalue weighted by Gasteiger charge is -2.11. The zero-order chi connectivity index (χ0) is 8.43. The first kappa shape index (κ1) is 8.67. The van der Waals surface area contributed by atoms with Gasteiger partial charge in [0.25, 0.3) is 0 Å². The van der Waals surface area contributed by atoms with Gasteiger partial charge in [-0.15, -0.1) is 6.58 Å². The average Bonchev–Trinajstić information content (AvgIpc) is 2.30. The molecule has 0 saturated carbocycles. The molecule has 0 aromatic carbocycles. The molecule has 4 heteroatoms. The van der Waals surface area contributed by atoms with Crippen LogP contribution in [0.4, 0.5) is 0 Å². The first-order valence-corrected chi connectivity index (χ1v) is 3.37. The molecule has 0 aliphatic carbocycles. The van der Waals surface area contributed by atoms with Crippen molar-refractivity contribution in [3.8, 4) is 0 Å². The van der Waals surface area contributed by atoms with Crippen molar-refractivity contribution in [3.05, 3.63) is 12.7 Å². The summed E-state index contributed by atoms with van der Waals surface area (Å²) in [5, 5.41) is 18.4. The van der Waals surface area contributed by atoms with E-state index >= 15 is 0 Å². The summed E-state index contributed by atoms with van der Waals surface area (Å²) < 4.78 is 9.79. The number of aliphatic hydroxyl groups excluding tert-OH is 2. The van der Waals surface area contributed by atoms with Crippen LogP contribution in [0.1, 0.15) is 0 Å². The van der Waals surface area contributed by atoms with Gasteiger partial charge in [-0.3, -0.25) is 0 Å². The maximum atomic E-state index is 9.23. The molecule has 0 spiro atoms. The molecule has 64 valence electrons. The van der Waals surface area contributed by atoms with E-state index in [1.807, 2.05) is 0 Å². The summed E-state index contributed by atoms with van der Waals surface area (Å²) in [5.41, 5.74) is 0. The molecule has 1 fully saturated rings. The lowest BCUT2D eigenvalue weighted by atomic mass is 10.1. The molecule has 4 nitrogen and oxygen atoms in total. The maximum Gasteiger partial charge on any atom is 0.186 e. The van der Waals surface area contributed by atoms with Crippen molar-refractivity contribution >= 4 is 0 Å². The van der Waals surface area contributed by atoms with Crippen LogP contribution in [0.5, 0.6) is 0 Å². The molecule has 1 aliphatic heterocycles. The number of ether oxygens (including phenoxy) is 2. The van der Waals surface area contributed by atoms with Gasteiger partial charge in [-0.05, 0) is 0 Å². The summed E-state index contributed by atoms with van der Waals surface area (Å²) in [5.74, 6) is 0. The number of hydrogen-bond acceptors (Lipinski definition) is 4.